The smallest absolute Gasteiger partial charge is 0.224 e. The molecule has 2 N–H and O–H groups in total. The van der Waals surface area contributed by atoms with Gasteiger partial charge in [-0.3, -0.25) is 4.79 Å². The first-order valence-corrected chi connectivity index (χ1v) is 6.54. The third-order valence-electron chi connectivity index (χ3n) is 3.45. The number of halogens is 2. The van der Waals surface area contributed by atoms with Gasteiger partial charge in [-0.25, -0.2) is 8.78 Å². The quantitative estimate of drug-likeness (QED) is 0.882. The maximum absolute atomic E-state index is 13.6. The second-order valence-electron chi connectivity index (χ2n) is 4.94. The normalized spacial score (nSPS) is 20.9. The van der Waals surface area contributed by atoms with Crippen LogP contribution < -0.4 is 10.6 Å². The molecule has 1 fully saturated rings. The molecule has 1 aliphatic heterocycles. The lowest BCUT2D eigenvalue weighted by atomic mass is 9.98. The number of carbonyl (C=O) groups is 1. The molecule has 1 heterocycles. The Labute approximate surface area is 111 Å². The summed E-state index contributed by atoms with van der Waals surface area (Å²) in [7, 11) is 0. The van der Waals surface area contributed by atoms with Gasteiger partial charge in [0.25, 0.3) is 0 Å². The largest absolute Gasteiger partial charge is 0.349 e. The van der Waals surface area contributed by atoms with Crippen LogP contribution in [0.3, 0.4) is 0 Å². The van der Waals surface area contributed by atoms with E-state index < -0.39 is 17.7 Å². The molecule has 0 spiro atoms. The molecule has 0 radical (unpaired) electrons. The van der Waals surface area contributed by atoms with Gasteiger partial charge in [-0.1, -0.05) is 0 Å². The van der Waals surface area contributed by atoms with Crippen LogP contribution in [0.1, 0.15) is 31.4 Å². The second-order valence-corrected chi connectivity index (χ2v) is 4.94. The minimum Gasteiger partial charge on any atom is -0.349 e. The fraction of sp³-hybridized carbons (Fsp3) is 0.500. The van der Waals surface area contributed by atoms with Crippen molar-refractivity contribution in [2.75, 3.05) is 13.1 Å². The summed E-state index contributed by atoms with van der Waals surface area (Å²) >= 11 is 0. The lowest BCUT2D eigenvalue weighted by molar-refractivity contribution is -0.126. The molecule has 0 aliphatic carbocycles. The fourth-order valence-corrected chi connectivity index (χ4v) is 2.33. The van der Waals surface area contributed by atoms with Crippen molar-refractivity contribution in [3.05, 3.63) is 35.4 Å². The lowest BCUT2D eigenvalue weighted by Crippen LogP contribution is -2.41. The van der Waals surface area contributed by atoms with E-state index in [4.69, 9.17) is 0 Å². The SMILES string of the molecule is CC(NC(=O)[C@@H]1CCCNC1)c1cc(F)ccc1F. The average molecular weight is 268 g/mol. The third-order valence-corrected chi connectivity index (χ3v) is 3.45. The molecule has 104 valence electrons. The first-order chi connectivity index (χ1) is 9.08. The van der Waals surface area contributed by atoms with Gasteiger partial charge in [-0.2, -0.15) is 0 Å². The maximum Gasteiger partial charge on any atom is 0.224 e. The Kier molecular flexibility index (Phi) is 4.47. The molecule has 2 atom stereocenters. The summed E-state index contributed by atoms with van der Waals surface area (Å²) in [5, 5.41) is 5.90. The van der Waals surface area contributed by atoms with Crippen LogP contribution in [-0.4, -0.2) is 19.0 Å². The van der Waals surface area contributed by atoms with Gasteiger partial charge in [0.1, 0.15) is 11.6 Å². The van der Waals surface area contributed by atoms with Crippen molar-refractivity contribution < 1.29 is 13.6 Å². The van der Waals surface area contributed by atoms with E-state index in [1.165, 1.54) is 0 Å². The summed E-state index contributed by atoms with van der Waals surface area (Å²) in [5.41, 5.74) is 0.178. The van der Waals surface area contributed by atoms with Crippen LogP contribution >= 0.6 is 0 Å². The Bertz CT molecular complexity index is 459. The van der Waals surface area contributed by atoms with Gasteiger partial charge in [0.15, 0.2) is 0 Å². The number of piperidine rings is 1. The summed E-state index contributed by atoms with van der Waals surface area (Å²) < 4.78 is 26.7. The number of amides is 1. The molecule has 0 saturated carbocycles. The molecule has 1 amide bonds. The molecule has 1 aromatic rings. The molecule has 3 nitrogen and oxygen atoms in total. The van der Waals surface area contributed by atoms with Crippen molar-refractivity contribution >= 4 is 5.91 Å². The zero-order chi connectivity index (χ0) is 13.8. The highest BCUT2D eigenvalue weighted by molar-refractivity contribution is 5.79. The molecule has 5 heteroatoms. The summed E-state index contributed by atoms with van der Waals surface area (Å²) in [6.45, 7) is 3.23. The predicted octanol–water partition coefficient (Wildman–Crippen LogP) is 2.14. The number of hydrogen-bond donors (Lipinski definition) is 2. The highest BCUT2D eigenvalue weighted by Gasteiger charge is 2.23. The monoisotopic (exact) mass is 268 g/mol. The molecule has 1 aliphatic rings. The maximum atomic E-state index is 13.6. The van der Waals surface area contributed by atoms with Crippen molar-refractivity contribution in [1.82, 2.24) is 10.6 Å². The fourth-order valence-electron chi connectivity index (χ4n) is 2.33. The minimum atomic E-state index is -0.537. The molecular formula is C14H18F2N2O. The zero-order valence-corrected chi connectivity index (χ0v) is 10.9. The third kappa shape index (κ3) is 3.50. The lowest BCUT2D eigenvalue weighted by Gasteiger charge is -2.24. The van der Waals surface area contributed by atoms with Crippen LogP contribution in [0.15, 0.2) is 18.2 Å². The number of nitrogens with one attached hydrogen (secondary N) is 2. The number of hydrogen-bond acceptors (Lipinski definition) is 2. The van der Waals surface area contributed by atoms with E-state index in [1.807, 2.05) is 0 Å². The molecule has 0 bridgehead atoms. The minimum absolute atomic E-state index is 0.0900. The van der Waals surface area contributed by atoms with E-state index in [9.17, 15) is 13.6 Å². The van der Waals surface area contributed by atoms with Gasteiger partial charge < -0.3 is 10.6 Å². The first-order valence-electron chi connectivity index (χ1n) is 6.54. The molecule has 1 unspecified atom stereocenters. The Hall–Kier alpha value is -1.49. The summed E-state index contributed by atoms with van der Waals surface area (Å²) in [6, 6.07) is 2.73. The van der Waals surface area contributed by atoms with Crippen molar-refractivity contribution in [2.45, 2.75) is 25.8 Å². The highest BCUT2D eigenvalue weighted by atomic mass is 19.1. The first kappa shape index (κ1) is 13.9. The summed E-state index contributed by atoms with van der Waals surface area (Å²) in [5.74, 6) is -1.20. The number of rotatable bonds is 3. The summed E-state index contributed by atoms with van der Waals surface area (Å²) in [6.07, 6.45) is 1.79. The van der Waals surface area contributed by atoms with Crippen LogP contribution in [-0.2, 0) is 4.79 Å². The van der Waals surface area contributed by atoms with Crippen molar-refractivity contribution in [1.29, 1.82) is 0 Å². The molecule has 1 aromatic carbocycles. The van der Waals surface area contributed by atoms with Gasteiger partial charge >= 0.3 is 0 Å². The molecule has 1 saturated heterocycles. The van der Waals surface area contributed by atoms with Crippen LogP contribution in [0, 0.1) is 17.6 Å². The average Bonchev–Trinajstić information content (AvgIpc) is 2.42. The molecule has 0 aromatic heterocycles. The van der Waals surface area contributed by atoms with Crippen molar-refractivity contribution in [3.8, 4) is 0 Å². The Morgan fingerprint density at radius 3 is 2.95 bits per heavy atom. The highest BCUT2D eigenvalue weighted by Crippen LogP contribution is 2.19. The predicted molar refractivity (Wildman–Crippen MR) is 68.5 cm³/mol. The topological polar surface area (TPSA) is 41.1 Å². The van der Waals surface area contributed by atoms with E-state index in [2.05, 4.69) is 10.6 Å². The standard InChI is InChI=1S/C14H18F2N2O/c1-9(12-7-11(15)4-5-13(12)16)18-14(19)10-3-2-6-17-8-10/h4-5,7,9-10,17H,2-3,6,8H2,1H3,(H,18,19)/t9?,10-/m1/s1. The molecule has 19 heavy (non-hydrogen) atoms. The van der Waals surface area contributed by atoms with Crippen molar-refractivity contribution in [3.63, 3.8) is 0 Å². The van der Waals surface area contributed by atoms with E-state index in [-0.39, 0.29) is 17.4 Å². The zero-order valence-electron chi connectivity index (χ0n) is 10.9. The Morgan fingerprint density at radius 2 is 2.26 bits per heavy atom. The Morgan fingerprint density at radius 1 is 1.47 bits per heavy atom. The van der Waals surface area contributed by atoms with E-state index in [1.54, 1.807) is 6.92 Å². The van der Waals surface area contributed by atoms with E-state index >= 15 is 0 Å². The second kappa shape index (κ2) is 6.10. The molecular weight excluding hydrogens is 250 g/mol. The van der Waals surface area contributed by atoms with Gasteiger partial charge in [-0.05, 0) is 44.5 Å². The van der Waals surface area contributed by atoms with Crippen LogP contribution in [0.5, 0.6) is 0 Å². The van der Waals surface area contributed by atoms with Crippen LogP contribution in [0.25, 0.3) is 0 Å². The van der Waals surface area contributed by atoms with E-state index in [0.717, 1.165) is 37.6 Å². The molecule has 2 rings (SSSR count). The number of benzene rings is 1. The van der Waals surface area contributed by atoms with Gasteiger partial charge in [0.2, 0.25) is 5.91 Å². The number of carbonyl (C=O) groups excluding carboxylic acids is 1. The van der Waals surface area contributed by atoms with Crippen LogP contribution in [0.2, 0.25) is 0 Å². The van der Waals surface area contributed by atoms with Gasteiger partial charge in [-0.15, -0.1) is 0 Å². The van der Waals surface area contributed by atoms with E-state index in [0.29, 0.717) is 6.54 Å². The van der Waals surface area contributed by atoms with Gasteiger partial charge in [0, 0.05) is 12.1 Å². The summed E-state index contributed by atoms with van der Waals surface area (Å²) in [4.78, 5) is 12.0. The Balaban J connectivity index is 2.01. The van der Waals surface area contributed by atoms with Crippen LogP contribution in [0.4, 0.5) is 8.78 Å². The van der Waals surface area contributed by atoms with Crippen molar-refractivity contribution in [2.24, 2.45) is 5.92 Å². The van der Waals surface area contributed by atoms with Gasteiger partial charge in [0.05, 0.1) is 12.0 Å².